The van der Waals surface area contributed by atoms with E-state index >= 15 is 0 Å². The molecule has 4 heteroatoms. The highest BCUT2D eigenvalue weighted by Crippen LogP contribution is 2.34. The summed E-state index contributed by atoms with van der Waals surface area (Å²) in [4.78, 5) is 4.92. The number of aliphatic hydroxyl groups is 1. The van der Waals surface area contributed by atoms with Gasteiger partial charge in [0.25, 0.3) is 0 Å². The number of hydrogen-bond donors (Lipinski definition) is 1. The van der Waals surface area contributed by atoms with E-state index in [4.69, 9.17) is 4.74 Å². The van der Waals surface area contributed by atoms with Crippen LogP contribution in [0.5, 0.6) is 0 Å². The van der Waals surface area contributed by atoms with Crippen LogP contribution in [0.15, 0.2) is 42.5 Å². The summed E-state index contributed by atoms with van der Waals surface area (Å²) < 4.78 is 5.46. The third-order valence-electron chi connectivity index (χ3n) is 8.32. The maximum atomic E-state index is 11.3. The van der Waals surface area contributed by atoms with Crippen molar-refractivity contribution in [1.29, 1.82) is 0 Å². The van der Waals surface area contributed by atoms with Crippen molar-refractivity contribution in [1.82, 2.24) is 4.90 Å². The van der Waals surface area contributed by atoms with E-state index in [1.807, 2.05) is 0 Å². The van der Waals surface area contributed by atoms with E-state index in [1.165, 1.54) is 62.6 Å². The van der Waals surface area contributed by atoms with E-state index < -0.39 is 5.60 Å². The Bertz CT molecular complexity index is 912. The van der Waals surface area contributed by atoms with Crippen molar-refractivity contribution in [3.05, 3.63) is 64.7 Å². The molecule has 2 saturated heterocycles. The summed E-state index contributed by atoms with van der Waals surface area (Å²) in [6.45, 7) is 6.62. The fourth-order valence-corrected chi connectivity index (χ4v) is 6.02. The maximum absolute atomic E-state index is 11.3. The highest BCUT2D eigenvalue weighted by Gasteiger charge is 2.33. The number of ether oxygens (including phenoxy) is 1. The van der Waals surface area contributed by atoms with Gasteiger partial charge in [-0.3, -0.25) is 0 Å². The Morgan fingerprint density at radius 2 is 1.53 bits per heavy atom. The standard InChI is InChI=1S/C30H42N2O2/c33-30(28-11-13-29(14-12-28)32-20-22-34-23-21-32)15-18-31(19-16-30)17-5-4-6-25-9-10-26-7-2-1-3-8-27(26)24-25/h9-14,24,33H,1-8,15-23H2. The Labute approximate surface area is 205 Å². The van der Waals surface area contributed by atoms with Crippen LogP contribution in [-0.2, 0) is 29.6 Å². The number of anilines is 1. The minimum atomic E-state index is -0.679. The number of aryl methyl sites for hydroxylation is 3. The summed E-state index contributed by atoms with van der Waals surface area (Å²) in [6, 6.07) is 15.9. The van der Waals surface area contributed by atoms with Crippen LogP contribution in [0.4, 0.5) is 5.69 Å². The molecule has 2 fully saturated rings. The second-order valence-corrected chi connectivity index (χ2v) is 10.6. The number of likely N-dealkylation sites (tertiary alicyclic amines) is 1. The predicted octanol–water partition coefficient (Wildman–Crippen LogP) is 5.10. The lowest BCUT2D eigenvalue weighted by Gasteiger charge is -2.39. The molecule has 184 valence electrons. The van der Waals surface area contributed by atoms with Gasteiger partial charge in [0.15, 0.2) is 0 Å². The zero-order chi connectivity index (χ0) is 23.2. The predicted molar refractivity (Wildman–Crippen MR) is 140 cm³/mol. The Balaban J connectivity index is 1.05. The van der Waals surface area contributed by atoms with E-state index in [2.05, 4.69) is 52.3 Å². The molecule has 2 heterocycles. The first-order valence-electron chi connectivity index (χ1n) is 13.7. The molecule has 0 aromatic heterocycles. The summed E-state index contributed by atoms with van der Waals surface area (Å²) >= 11 is 0. The lowest BCUT2D eigenvalue weighted by atomic mass is 9.84. The van der Waals surface area contributed by atoms with Gasteiger partial charge < -0.3 is 19.6 Å². The molecule has 2 aliphatic heterocycles. The summed E-state index contributed by atoms with van der Waals surface area (Å²) in [5, 5.41) is 11.3. The van der Waals surface area contributed by atoms with Gasteiger partial charge in [-0.05, 0) is 98.7 Å². The minimum Gasteiger partial charge on any atom is -0.385 e. The molecule has 34 heavy (non-hydrogen) atoms. The van der Waals surface area contributed by atoms with Gasteiger partial charge in [0.1, 0.15) is 0 Å². The monoisotopic (exact) mass is 462 g/mol. The third-order valence-corrected chi connectivity index (χ3v) is 8.32. The number of unbranched alkanes of at least 4 members (excludes halogenated alkanes) is 1. The first-order valence-corrected chi connectivity index (χ1v) is 13.7. The number of hydrogen-bond acceptors (Lipinski definition) is 4. The third kappa shape index (κ3) is 5.84. The highest BCUT2D eigenvalue weighted by atomic mass is 16.5. The molecule has 2 aromatic carbocycles. The summed E-state index contributed by atoms with van der Waals surface area (Å²) in [5.41, 5.74) is 6.37. The van der Waals surface area contributed by atoms with E-state index in [1.54, 1.807) is 11.1 Å². The van der Waals surface area contributed by atoms with Crippen LogP contribution in [0, 0.1) is 0 Å². The van der Waals surface area contributed by atoms with Crippen molar-refractivity contribution in [2.45, 2.75) is 69.8 Å². The van der Waals surface area contributed by atoms with Crippen LogP contribution < -0.4 is 4.90 Å². The van der Waals surface area contributed by atoms with Gasteiger partial charge in [0, 0.05) is 31.9 Å². The van der Waals surface area contributed by atoms with E-state index in [9.17, 15) is 5.11 Å². The molecule has 0 atom stereocenters. The van der Waals surface area contributed by atoms with Gasteiger partial charge in [0.05, 0.1) is 18.8 Å². The SMILES string of the molecule is OC1(c2ccc(N3CCOCC3)cc2)CCN(CCCCc2ccc3c(c2)CCCCC3)CC1. The average molecular weight is 463 g/mol. The van der Waals surface area contributed by atoms with Gasteiger partial charge in [-0.2, -0.15) is 0 Å². The van der Waals surface area contributed by atoms with Crippen LogP contribution in [0.2, 0.25) is 0 Å². The zero-order valence-corrected chi connectivity index (χ0v) is 20.8. The molecule has 0 unspecified atom stereocenters. The van der Waals surface area contributed by atoms with Gasteiger partial charge in [-0.15, -0.1) is 0 Å². The molecule has 0 radical (unpaired) electrons. The molecule has 1 aliphatic carbocycles. The molecule has 5 rings (SSSR count). The van der Waals surface area contributed by atoms with Gasteiger partial charge in [-0.1, -0.05) is 36.8 Å². The number of piperidine rings is 1. The molecule has 1 N–H and O–H groups in total. The Morgan fingerprint density at radius 3 is 2.29 bits per heavy atom. The van der Waals surface area contributed by atoms with E-state index in [0.717, 1.165) is 64.3 Å². The van der Waals surface area contributed by atoms with Crippen LogP contribution in [0.1, 0.15) is 67.2 Å². The number of rotatable bonds is 7. The first-order chi connectivity index (χ1) is 16.7. The Kier molecular flexibility index (Phi) is 7.88. The molecule has 3 aliphatic rings. The number of benzene rings is 2. The van der Waals surface area contributed by atoms with Gasteiger partial charge >= 0.3 is 0 Å². The average Bonchev–Trinajstić information content (AvgIpc) is 3.13. The molecule has 4 nitrogen and oxygen atoms in total. The topological polar surface area (TPSA) is 35.9 Å². The van der Waals surface area contributed by atoms with Crippen molar-refractivity contribution in [3.63, 3.8) is 0 Å². The Hall–Kier alpha value is -1.88. The number of nitrogens with zero attached hydrogens (tertiary/aromatic N) is 2. The maximum Gasteiger partial charge on any atom is 0.0920 e. The van der Waals surface area contributed by atoms with E-state index in [-0.39, 0.29) is 0 Å². The van der Waals surface area contributed by atoms with Crippen LogP contribution in [0.25, 0.3) is 0 Å². The largest absolute Gasteiger partial charge is 0.385 e. The molecule has 0 amide bonds. The summed E-state index contributed by atoms with van der Waals surface area (Å²) in [5.74, 6) is 0. The minimum absolute atomic E-state index is 0.679. The van der Waals surface area contributed by atoms with Crippen molar-refractivity contribution in [2.24, 2.45) is 0 Å². The van der Waals surface area contributed by atoms with Crippen LogP contribution in [-0.4, -0.2) is 55.9 Å². The normalized spacial score (nSPS) is 21.1. The molecular formula is C30H42N2O2. The number of morpholine rings is 1. The highest BCUT2D eigenvalue weighted by molar-refractivity contribution is 5.48. The van der Waals surface area contributed by atoms with Crippen LogP contribution in [0.3, 0.4) is 0 Å². The van der Waals surface area contributed by atoms with Crippen molar-refractivity contribution >= 4 is 5.69 Å². The lowest BCUT2D eigenvalue weighted by molar-refractivity contribution is -0.0260. The fourth-order valence-electron chi connectivity index (χ4n) is 6.02. The summed E-state index contributed by atoms with van der Waals surface area (Å²) in [7, 11) is 0. The van der Waals surface area contributed by atoms with Crippen molar-refractivity contribution in [2.75, 3.05) is 50.8 Å². The molecular weight excluding hydrogens is 420 g/mol. The van der Waals surface area contributed by atoms with Crippen LogP contribution >= 0.6 is 0 Å². The van der Waals surface area contributed by atoms with Crippen molar-refractivity contribution < 1.29 is 9.84 Å². The van der Waals surface area contributed by atoms with Crippen molar-refractivity contribution in [3.8, 4) is 0 Å². The molecule has 0 spiro atoms. The molecule has 2 aromatic rings. The lowest BCUT2D eigenvalue weighted by Crippen LogP contribution is -2.43. The van der Waals surface area contributed by atoms with E-state index in [0.29, 0.717) is 0 Å². The fraction of sp³-hybridized carbons (Fsp3) is 0.600. The second-order valence-electron chi connectivity index (χ2n) is 10.6. The zero-order valence-electron chi connectivity index (χ0n) is 20.8. The molecule has 0 saturated carbocycles. The van der Waals surface area contributed by atoms with Gasteiger partial charge in [-0.25, -0.2) is 0 Å². The first kappa shape index (κ1) is 23.8. The van der Waals surface area contributed by atoms with Gasteiger partial charge in [0.2, 0.25) is 0 Å². The summed E-state index contributed by atoms with van der Waals surface area (Å²) in [6.07, 6.45) is 12.0. The smallest absolute Gasteiger partial charge is 0.0920 e. The Morgan fingerprint density at radius 1 is 0.794 bits per heavy atom. The quantitative estimate of drug-likeness (QED) is 0.459. The molecule has 0 bridgehead atoms. The number of fused-ring (bicyclic) bond motifs is 1. The second kappa shape index (κ2) is 11.2.